The number of hydrogen-bond acceptors (Lipinski definition) is 5. The van der Waals surface area contributed by atoms with Crippen molar-refractivity contribution in [1.29, 1.82) is 0 Å². The average Bonchev–Trinajstić information content (AvgIpc) is 3.35. The maximum Gasteiger partial charge on any atom is 0.191 e. The Morgan fingerprint density at radius 1 is 1.08 bits per heavy atom. The number of pyridine rings is 1. The molecule has 0 radical (unpaired) electrons. The highest BCUT2D eigenvalue weighted by atomic mass is 127. The van der Waals surface area contributed by atoms with Crippen LogP contribution >= 0.6 is 24.0 Å². The van der Waals surface area contributed by atoms with Crippen molar-refractivity contribution in [3.63, 3.8) is 0 Å². The molecule has 146 valence electrons. The van der Waals surface area contributed by atoms with E-state index in [1.165, 1.54) is 0 Å². The Morgan fingerprint density at radius 3 is 2.58 bits per heavy atom. The van der Waals surface area contributed by atoms with Crippen LogP contribution in [0.4, 0.5) is 5.82 Å². The fourth-order valence-electron chi connectivity index (χ4n) is 3.01. The van der Waals surface area contributed by atoms with Crippen LogP contribution in [-0.2, 0) is 9.47 Å². The molecule has 8 heteroatoms. The second kappa shape index (κ2) is 12.3. The molecule has 3 heterocycles. The van der Waals surface area contributed by atoms with Crippen molar-refractivity contribution in [2.45, 2.75) is 37.9 Å². The van der Waals surface area contributed by atoms with Crippen molar-refractivity contribution in [3.8, 4) is 0 Å². The van der Waals surface area contributed by atoms with Gasteiger partial charge in [-0.1, -0.05) is 6.07 Å². The van der Waals surface area contributed by atoms with Gasteiger partial charge < -0.3 is 25.4 Å². The zero-order valence-electron chi connectivity index (χ0n) is 15.2. The van der Waals surface area contributed by atoms with Crippen LogP contribution < -0.4 is 16.0 Å². The smallest absolute Gasteiger partial charge is 0.191 e. The molecule has 2 unspecified atom stereocenters. The largest absolute Gasteiger partial charge is 0.376 e. The van der Waals surface area contributed by atoms with E-state index in [1.807, 2.05) is 18.2 Å². The topological polar surface area (TPSA) is 79.8 Å². The van der Waals surface area contributed by atoms with E-state index in [4.69, 9.17) is 9.47 Å². The third-order valence-corrected chi connectivity index (χ3v) is 4.39. The van der Waals surface area contributed by atoms with E-state index in [0.29, 0.717) is 12.6 Å². The summed E-state index contributed by atoms with van der Waals surface area (Å²) in [5, 5.41) is 10.1. The van der Waals surface area contributed by atoms with Crippen LogP contribution in [0.1, 0.15) is 25.7 Å². The summed E-state index contributed by atoms with van der Waals surface area (Å²) in [7, 11) is 0. The van der Waals surface area contributed by atoms with Gasteiger partial charge in [0.05, 0.1) is 18.8 Å². The Hall–Kier alpha value is -1.13. The lowest BCUT2D eigenvalue weighted by Crippen LogP contribution is -2.43. The Bertz CT molecular complexity index is 520. The summed E-state index contributed by atoms with van der Waals surface area (Å²) in [6, 6.07) is 5.84. The molecule has 7 nitrogen and oxygen atoms in total. The molecule has 2 fully saturated rings. The standard InChI is InChI=1S/C18H29N5O2.HI/c1-2-8-19-17(7-1)20-9-10-21-18(22-13-15-5-3-11-24-15)23-14-16-6-4-12-25-16;/h1-2,7-8,15-16H,3-6,9-14H2,(H,19,20)(H2,21,22,23);1H. The molecule has 1 aromatic heterocycles. The number of ether oxygens (including phenoxy) is 2. The average molecular weight is 475 g/mol. The first-order valence-corrected chi connectivity index (χ1v) is 9.30. The van der Waals surface area contributed by atoms with Crippen LogP contribution in [0.25, 0.3) is 0 Å². The summed E-state index contributed by atoms with van der Waals surface area (Å²) in [6.07, 6.45) is 6.84. The van der Waals surface area contributed by atoms with Gasteiger partial charge >= 0.3 is 0 Å². The van der Waals surface area contributed by atoms with Crippen LogP contribution in [-0.4, -0.2) is 62.5 Å². The number of guanidine groups is 1. The van der Waals surface area contributed by atoms with Gasteiger partial charge in [-0.05, 0) is 37.8 Å². The van der Waals surface area contributed by atoms with Crippen molar-refractivity contribution in [2.24, 2.45) is 4.99 Å². The van der Waals surface area contributed by atoms with Gasteiger partial charge in [0.25, 0.3) is 0 Å². The van der Waals surface area contributed by atoms with Gasteiger partial charge in [-0.2, -0.15) is 0 Å². The minimum atomic E-state index is 0. The molecule has 0 bridgehead atoms. The van der Waals surface area contributed by atoms with Gasteiger partial charge in [-0.15, -0.1) is 24.0 Å². The SMILES string of the molecule is I.c1ccc(NCCNC(=NCC2CCCO2)NCC2CCCO2)nc1. The van der Waals surface area contributed by atoms with E-state index in [9.17, 15) is 0 Å². The van der Waals surface area contributed by atoms with E-state index >= 15 is 0 Å². The second-order valence-electron chi connectivity index (χ2n) is 6.41. The van der Waals surface area contributed by atoms with Crippen LogP contribution in [0.15, 0.2) is 29.4 Å². The van der Waals surface area contributed by atoms with Gasteiger partial charge in [-0.3, -0.25) is 4.99 Å². The first-order valence-electron chi connectivity index (χ1n) is 9.30. The second-order valence-corrected chi connectivity index (χ2v) is 6.41. The number of aromatic nitrogens is 1. The highest BCUT2D eigenvalue weighted by Crippen LogP contribution is 2.12. The summed E-state index contributed by atoms with van der Waals surface area (Å²) in [4.78, 5) is 8.94. The molecular formula is C18H30IN5O2. The van der Waals surface area contributed by atoms with Crippen molar-refractivity contribution in [2.75, 3.05) is 44.7 Å². The van der Waals surface area contributed by atoms with Crippen molar-refractivity contribution < 1.29 is 9.47 Å². The number of halogens is 1. The van der Waals surface area contributed by atoms with Gasteiger partial charge in [-0.25, -0.2) is 4.98 Å². The van der Waals surface area contributed by atoms with Gasteiger partial charge in [0.2, 0.25) is 0 Å². The lowest BCUT2D eigenvalue weighted by atomic mass is 10.2. The van der Waals surface area contributed by atoms with Crippen molar-refractivity contribution in [1.82, 2.24) is 15.6 Å². The molecule has 0 saturated carbocycles. The molecule has 0 aliphatic carbocycles. The molecule has 2 aliphatic rings. The van der Waals surface area contributed by atoms with Crippen LogP contribution in [0.2, 0.25) is 0 Å². The zero-order valence-corrected chi connectivity index (χ0v) is 17.5. The Labute approximate surface area is 172 Å². The van der Waals surface area contributed by atoms with Crippen LogP contribution in [0, 0.1) is 0 Å². The third-order valence-electron chi connectivity index (χ3n) is 4.39. The minimum Gasteiger partial charge on any atom is -0.376 e. The molecule has 26 heavy (non-hydrogen) atoms. The molecule has 0 amide bonds. The maximum absolute atomic E-state index is 5.67. The molecule has 2 saturated heterocycles. The highest BCUT2D eigenvalue weighted by molar-refractivity contribution is 14.0. The number of nitrogens with zero attached hydrogens (tertiary/aromatic N) is 2. The number of aliphatic imine (C=N–C) groups is 1. The molecule has 2 aliphatic heterocycles. The number of nitrogens with one attached hydrogen (secondary N) is 3. The van der Waals surface area contributed by atoms with Gasteiger partial charge in [0.1, 0.15) is 5.82 Å². The molecule has 3 N–H and O–H groups in total. The van der Waals surface area contributed by atoms with E-state index in [0.717, 1.165) is 70.3 Å². The number of anilines is 1. The third kappa shape index (κ3) is 7.63. The quantitative estimate of drug-likeness (QED) is 0.231. The summed E-state index contributed by atoms with van der Waals surface area (Å²) in [6.45, 7) is 4.77. The van der Waals surface area contributed by atoms with Crippen molar-refractivity contribution in [3.05, 3.63) is 24.4 Å². The first kappa shape index (κ1) is 21.2. The van der Waals surface area contributed by atoms with E-state index < -0.39 is 0 Å². The molecule has 1 aromatic rings. The Kier molecular flexibility index (Phi) is 10.0. The first-order chi connectivity index (χ1) is 12.4. The fourth-order valence-corrected chi connectivity index (χ4v) is 3.01. The summed E-state index contributed by atoms with van der Waals surface area (Å²) < 4.78 is 11.3. The van der Waals surface area contributed by atoms with Crippen LogP contribution in [0.5, 0.6) is 0 Å². The molecule has 0 aromatic carbocycles. The zero-order chi connectivity index (χ0) is 17.2. The van der Waals surface area contributed by atoms with E-state index in [1.54, 1.807) is 6.20 Å². The molecule has 3 rings (SSSR count). The lowest BCUT2D eigenvalue weighted by Gasteiger charge is -2.16. The lowest BCUT2D eigenvalue weighted by molar-refractivity contribution is 0.113. The summed E-state index contributed by atoms with van der Waals surface area (Å²) >= 11 is 0. The number of hydrogen-bond donors (Lipinski definition) is 3. The summed E-state index contributed by atoms with van der Waals surface area (Å²) in [5.74, 6) is 1.71. The maximum atomic E-state index is 5.67. The normalized spacial score (nSPS) is 22.7. The molecule has 2 atom stereocenters. The number of rotatable bonds is 8. The van der Waals surface area contributed by atoms with Gasteiger partial charge in [0.15, 0.2) is 5.96 Å². The predicted octanol–water partition coefficient (Wildman–Crippen LogP) is 2.00. The fraction of sp³-hybridized carbons (Fsp3) is 0.667. The predicted molar refractivity (Wildman–Crippen MR) is 114 cm³/mol. The molecular weight excluding hydrogens is 445 g/mol. The van der Waals surface area contributed by atoms with E-state index in [-0.39, 0.29) is 30.1 Å². The van der Waals surface area contributed by atoms with Crippen molar-refractivity contribution >= 4 is 35.8 Å². The molecule has 0 spiro atoms. The Morgan fingerprint density at radius 2 is 1.88 bits per heavy atom. The van der Waals surface area contributed by atoms with E-state index in [2.05, 4.69) is 25.9 Å². The highest BCUT2D eigenvalue weighted by Gasteiger charge is 2.17. The monoisotopic (exact) mass is 475 g/mol. The van der Waals surface area contributed by atoms with Gasteiger partial charge in [0, 0.05) is 39.0 Å². The minimum absolute atomic E-state index is 0. The van der Waals surface area contributed by atoms with Crippen LogP contribution in [0.3, 0.4) is 0 Å². The Balaban J connectivity index is 0.00000243. The summed E-state index contributed by atoms with van der Waals surface area (Å²) in [5.41, 5.74) is 0.